The summed E-state index contributed by atoms with van der Waals surface area (Å²) in [5.41, 5.74) is 9.10. The van der Waals surface area contributed by atoms with Gasteiger partial charge in [-0.3, -0.25) is 4.79 Å². The molecule has 0 aromatic carbocycles. The highest BCUT2D eigenvalue weighted by Crippen LogP contribution is 2.26. The first-order valence-electron chi connectivity index (χ1n) is 8.80. The summed E-state index contributed by atoms with van der Waals surface area (Å²) in [4.78, 5) is 22.8. The van der Waals surface area contributed by atoms with Crippen molar-refractivity contribution in [1.29, 1.82) is 0 Å². The first kappa shape index (κ1) is 17.5. The average Bonchev–Trinajstić information content (AvgIpc) is 2.94. The maximum absolute atomic E-state index is 12.1. The first-order chi connectivity index (χ1) is 12.1. The molecule has 134 valence electrons. The lowest BCUT2D eigenvalue weighted by molar-refractivity contribution is -0.132. The van der Waals surface area contributed by atoms with Crippen LogP contribution in [0.3, 0.4) is 0 Å². The third kappa shape index (κ3) is 4.04. The van der Waals surface area contributed by atoms with Crippen molar-refractivity contribution >= 4 is 5.91 Å². The predicted octanol–water partition coefficient (Wildman–Crippen LogP) is 1.88. The molecule has 1 atom stereocenters. The molecule has 1 aliphatic rings. The molecule has 0 spiro atoms. The fourth-order valence-corrected chi connectivity index (χ4v) is 3.53. The van der Waals surface area contributed by atoms with E-state index in [9.17, 15) is 4.79 Å². The van der Waals surface area contributed by atoms with Crippen LogP contribution >= 0.6 is 0 Å². The van der Waals surface area contributed by atoms with Crippen LogP contribution in [0, 0.1) is 19.8 Å². The van der Waals surface area contributed by atoms with Gasteiger partial charge >= 0.3 is 0 Å². The number of aryl methyl sites for hydroxylation is 2. The quantitative estimate of drug-likeness (QED) is 0.890. The smallest absolute Gasteiger partial charge is 0.223 e. The molecule has 0 saturated carbocycles. The molecule has 7 heteroatoms. The Kier molecular flexibility index (Phi) is 5.43. The number of aromatic nitrogens is 3. The highest BCUT2D eigenvalue weighted by Gasteiger charge is 2.24. The average molecular weight is 343 g/mol. The Labute approximate surface area is 147 Å². The van der Waals surface area contributed by atoms with Crippen LogP contribution in [-0.4, -0.2) is 45.6 Å². The van der Waals surface area contributed by atoms with Crippen molar-refractivity contribution in [2.75, 3.05) is 19.6 Å². The van der Waals surface area contributed by atoms with Crippen molar-refractivity contribution in [2.45, 2.75) is 39.5 Å². The summed E-state index contributed by atoms with van der Waals surface area (Å²) in [7, 11) is 0. The molecule has 1 aliphatic heterocycles. The number of hydrogen-bond acceptors (Lipinski definition) is 6. The number of amides is 1. The molecule has 0 bridgehead atoms. The van der Waals surface area contributed by atoms with Gasteiger partial charge in [-0.1, -0.05) is 5.16 Å². The normalized spacial score (nSPS) is 17.7. The van der Waals surface area contributed by atoms with E-state index in [1.165, 1.54) is 0 Å². The fraction of sp³-hybridized carbons (Fsp3) is 0.556. The minimum Gasteiger partial charge on any atom is -0.361 e. The summed E-state index contributed by atoms with van der Waals surface area (Å²) in [5, 5.41) is 3.99. The van der Waals surface area contributed by atoms with E-state index < -0.39 is 0 Å². The Hall–Kier alpha value is -2.28. The van der Waals surface area contributed by atoms with Crippen LogP contribution in [0.2, 0.25) is 0 Å². The Morgan fingerprint density at radius 3 is 2.96 bits per heavy atom. The van der Waals surface area contributed by atoms with Crippen molar-refractivity contribution < 1.29 is 9.32 Å². The Morgan fingerprint density at radius 2 is 2.24 bits per heavy atom. The number of carbonyl (C=O) groups is 1. The second kappa shape index (κ2) is 7.74. The van der Waals surface area contributed by atoms with Crippen LogP contribution in [-0.2, 0) is 11.2 Å². The maximum atomic E-state index is 12.1. The van der Waals surface area contributed by atoms with Crippen molar-refractivity contribution in [1.82, 2.24) is 20.0 Å². The molecule has 2 aromatic rings. The minimum atomic E-state index is 0.159. The van der Waals surface area contributed by atoms with Gasteiger partial charge in [-0.2, -0.15) is 0 Å². The third-order valence-corrected chi connectivity index (χ3v) is 4.74. The van der Waals surface area contributed by atoms with Crippen LogP contribution in [0.5, 0.6) is 0 Å². The van der Waals surface area contributed by atoms with Crippen LogP contribution in [0.1, 0.15) is 36.4 Å². The Morgan fingerprint density at radius 1 is 1.40 bits per heavy atom. The van der Waals surface area contributed by atoms with Gasteiger partial charge in [0.2, 0.25) is 5.91 Å². The standard InChI is InChI=1S/C18H25N5O2/c1-12-18(13(2)25-22-12)16-9-15(20-11-21-16)8-14-4-3-7-23(10-14)17(24)5-6-19/h9,11,14H,3-8,10,19H2,1-2H3/t14-/m1/s1. The van der Waals surface area contributed by atoms with E-state index in [4.69, 9.17) is 10.3 Å². The lowest BCUT2D eigenvalue weighted by Crippen LogP contribution is -2.41. The topological polar surface area (TPSA) is 98.1 Å². The van der Waals surface area contributed by atoms with Gasteiger partial charge in [0.25, 0.3) is 0 Å². The van der Waals surface area contributed by atoms with Crippen molar-refractivity contribution in [3.8, 4) is 11.3 Å². The van der Waals surface area contributed by atoms with Gasteiger partial charge < -0.3 is 15.2 Å². The second-order valence-electron chi connectivity index (χ2n) is 6.68. The molecule has 25 heavy (non-hydrogen) atoms. The number of nitrogens with two attached hydrogens (primary N) is 1. The molecule has 2 aromatic heterocycles. The summed E-state index contributed by atoms with van der Waals surface area (Å²) < 4.78 is 5.24. The van der Waals surface area contributed by atoms with Crippen molar-refractivity contribution in [2.24, 2.45) is 11.7 Å². The molecule has 7 nitrogen and oxygen atoms in total. The van der Waals surface area contributed by atoms with Crippen LogP contribution < -0.4 is 5.73 Å². The van der Waals surface area contributed by atoms with Gasteiger partial charge in [0.1, 0.15) is 12.1 Å². The summed E-state index contributed by atoms with van der Waals surface area (Å²) in [5.74, 6) is 1.34. The highest BCUT2D eigenvalue weighted by molar-refractivity contribution is 5.76. The number of likely N-dealkylation sites (tertiary alicyclic amines) is 1. The van der Waals surface area contributed by atoms with Gasteiger partial charge in [-0.25, -0.2) is 9.97 Å². The van der Waals surface area contributed by atoms with Gasteiger partial charge in [-0.15, -0.1) is 0 Å². The lowest BCUT2D eigenvalue weighted by atomic mass is 9.92. The monoisotopic (exact) mass is 343 g/mol. The molecule has 2 N–H and O–H groups in total. The molecular weight excluding hydrogens is 318 g/mol. The minimum absolute atomic E-state index is 0.159. The molecular formula is C18H25N5O2. The van der Waals surface area contributed by atoms with E-state index in [1.54, 1.807) is 6.33 Å². The van der Waals surface area contributed by atoms with Crippen molar-refractivity contribution in [3.63, 3.8) is 0 Å². The summed E-state index contributed by atoms with van der Waals surface area (Å²) in [6, 6.07) is 2.01. The SMILES string of the molecule is Cc1noc(C)c1-c1cc(C[C@H]2CCCN(C(=O)CCN)C2)ncn1. The number of rotatable bonds is 5. The van der Waals surface area contributed by atoms with Gasteiger partial charge in [0.15, 0.2) is 0 Å². The molecule has 0 radical (unpaired) electrons. The molecule has 0 unspecified atom stereocenters. The van der Waals surface area contributed by atoms with Gasteiger partial charge in [-0.05, 0) is 45.1 Å². The van der Waals surface area contributed by atoms with Crippen LogP contribution in [0.15, 0.2) is 16.9 Å². The van der Waals surface area contributed by atoms with E-state index >= 15 is 0 Å². The van der Waals surface area contributed by atoms with Gasteiger partial charge in [0, 0.05) is 31.7 Å². The number of carbonyl (C=O) groups excluding carboxylic acids is 1. The summed E-state index contributed by atoms with van der Waals surface area (Å²) >= 11 is 0. The molecule has 3 rings (SSSR count). The van der Waals surface area contributed by atoms with E-state index in [1.807, 2.05) is 24.8 Å². The van der Waals surface area contributed by atoms with Crippen LogP contribution in [0.4, 0.5) is 0 Å². The second-order valence-corrected chi connectivity index (χ2v) is 6.68. The van der Waals surface area contributed by atoms with E-state index in [2.05, 4.69) is 15.1 Å². The zero-order valence-corrected chi connectivity index (χ0v) is 14.9. The Bertz CT molecular complexity index is 723. The molecule has 1 amide bonds. The lowest BCUT2D eigenvalue weighted by Gasteiger charge is -2.32. The van der Waals surface area contributed by atoms with Crippen LogP contribution in [0.25, 0.3) is 11.3 Å². The Balaban J connectivity index is 1.71. The number of piperidine rings is 1. The van der Waals surface area contributed by atoms with E-state index in [0.29, 0.717) is 18.9 Å². The molecule has 3 heterocycles. The zero-order chi connectivity index (χ0) is 17.8. The summed E-state index contributed by atoms with van der Waals surface area (Å²) in [6.45, 7) is 5.83. The maximum Gasteiger partial charge on any atom is 0.223 e. The predicted molar refractivity (Wildman–Crippen MR) is 93.7 cm³/mol. The molecule has 0 aliphatic carbocycles. The fourth-order valence-electron chi connectivity index (χ4n) is 3.53. The molecule has 1 saturated heterocycles. The number of nitrogens with zero attached hydrogens (tertiary/aromatic N) is 4. The zero-order valence-electron chi connectivity index (χ0n) is 14.9. The first-order valence-corrected chi connectivity index (χ1v) is 8.80. The van der Waals surface area contributed by atoms with E-state index in [-0.39, 0.29) is 5.91 Å². The highest BCUT2D eigenvalue weighted by atomic mass is 16.5. The van der Waals surface area contributed by atoms with Crippen molar-refractivity contribution in [3.05, 3.63) is 29.5 Å². The number of hydrogen-bond donors (Lipinski definition) is 1. The largest absolute Gasteiger partial charge is 0.361 e. The van der Waals surface area contributed by atoms with Gasteiger partial charge in [0.05, 0.1) is 17.0 Å². The third-order valence-electron chi connectivity index (χ3n) is 4.74. The summed E-state index contributed by atoms with van der Waals surface area (Å²) in [6.07, 6.45) is 5.00. The van der Waals surface area contributed by atoms with E-state index in [0.717, 1.165) is 60.8 Å². The molecule has 1 fully saturated rings.